The van der Waals surface area contributed by atoms with E-state index in [-0.39, 0.29) is 24.2 Å². The first-order chi connectivity index (χ1) is 15.2. The molecule has 0 aromatic carbocycles. The Labute approximate surface area is 231 Å². The van der Waals surface area contributed by atoms with Crippen LogP contribution in [0, 0.1) is 0 Å². The summed E-state index contributed by atoms with van der Waals surface area (Å²) in [6.07, 6.45) is 0. The van der Waals surface area contributed by atoms with Crippen LogP contribution < -0.4 is 0 Å². The van der Waals surface area contributed by atoms with Gasteiger partial charge in [0, 0.05) is 0 Å². The van der Waals surface area contributed by atoms with E-state index >= 15 is 0 Å². The van der Waals surface area contributed by atoms with E-state index in [0.29, 0.717) is 24.2 Å². The summed E-state index contributed by atoms with van der Waals surface area (Å²) >= 11 is -1.31. The van der Waals surface area contributed by atoms with E-state index < -0.39 is 36.4 Å². The molecule has 0 aromatic heterocycles. The quantitative estimate of drug-likeness (QED) is 0.266. The second-order valence-corrected chi connectivity index (χ2v) is 13.8. The number of hydrogen-bond acceptors (Lipinski definition) is 4. The van der Waals surface area contributed by atoms with Gasteiger partial charge in [0.05, 0.1) is 0 Å². The Kier molecular flexibility index (Phi) is 53.1. The van der Waals surface area contributed by atoms with Gasteiger partial charge < -0.3 is 22.9 Å². The molecule has 0 saturated carbocycles. The fraction of sp³-hybridized carbons (Fsp3) is 1.00. The molecule has 0 unspecified atom stereocenters. The van der Waals surface area contributed by atoms with Gasteiger partial charge in [-0.15, -0.1) is 24.2 Å². The first-order valence-corrected chi connectivity index (χ1v) is 17.4. The van der Waals surface area contributed by atoms with Gasteiger partial charge in [-0.25, -0.2) is 0 Å². The molecule has 0 aliphatic heterocycles. The van der Waals surface area contributed by atoms with Crippen molar-refractivity contribution < 1.29 is 36.4 Å². The van der Waals surface area contributed by atoms with E-state index in [1.807, 2.05) is 55.4 Å². The maximum atomic E-state index is 6.58. The van der Waals surface area contributed by atoms with Gasteiger partial charge in [0.25, 0.3) is 0 Å². The van der Waals surface area contributed by atoms with Crippen LogP contribution in [0.2, 0.25) is 0 Å². The van der Waals surface area contributed by atoms with Gasteiger partial charge in [-0.05, 0) is 0 Å². The molecule has 0 saturated heterocycles. The zero-order valence-corrected chi connectivity index (χ0v) is 31.1. The topological polar surface area (TPSA) is 145 Å². The van der Waals surface area contributed by atoms with Gasteiger partial charge >= 0.3 is 130 Å². The predicted molar refractivity (Wildman–Crippen MR) is 148 cm³/mol. The van der Waals surface area contributed by atoms with E-state index in [1.165, 1.54) is 0 Å². The molecule has 0 aliphatic carbocycles. The van der Waals surface area contributed by atoms with Crippen LogP contribution in [0.15, 0.2) is 14.0 Å². The fourth-order valence-electron chi connectivity index (χ4n) is 0.432. The average Bonchev–Trinajstić information content (AvgIpc) is 2.51. The zero-order valence-electron chi connectivity index (χ0n) is 25.2. The van der Waals surface area contributed by atoms with Crippen LogP contribution in [0.5, 0.6) is 0 Å². The normalized spacial score (nSPS) is 9.53. The molecule has 0 spiro atoms. The SMILES string of the molecule is CC(C)[NH-].CC(C)[NH-].CC(C)[NH-].CC(C)[NH-].CC(C)[N]=[W]=[N]C(C)C.CC(C)[N]=[W]=[N]C(C)C. The van der Waals surface area contributed by atoms with Crippen molar-refractivity contribution >= 4 is 0 Å². The molecule has 10 heteroatoms. The van der Waals surface area contributed by atoms with Crippen molar-refractivity contribution in [3.05, 3.63) is 22.9 Å². The van der Waals surface area contributed by atoms with Crippen LogP contribution in [-0.4, -0.2) is 48.3 Å². The van der Waals surface area contributed by atoms with E-state index in [9.17, 15) is 0 Å². The van der Waals surface area contributed by atoms with Gasteiger partial charge in [0.2, 0.25) is 0 Å². The fourth-order valence-corrected chi connectivity index (χ4v) is 3.53. The van der Waals surface area contributed by atoms with Crippen molar-refractivity contribution in [3.8, 4) is 0 Å². The first-order valence-electron chi connectivity index (χ1n) is 12.2. The van der Waals surface area contributed by atoms with Crippen LogP contribution in [0.1, 0.15) is 111 Å². The molecular weight excluding hydrogens is 768 g/mol. The van der Waals surface area contributed by atoms with Crippen molar-refractivity contribution in [2.75, 3.05) is 0 Å². The van der Waals surface area contributed by atoms with E-state index in [4.69, 9.17) is 22.9 Å². The molecule has 0 bridgehead atoms. The second kappa shape index (κ2) is 38.0. The minimum absolute atomic E-state index is 0.0833. The Bertz CT molecular complexity index is 386. The van der Waals surface area contributed by atoms with Crippen molar-refractivity contribution in [1.29, 1.82) is 0 Å². The molecule has 0 heterocycles. The van der Waals surface area contributed by atoms with Gasteiger partial charge in [0.1, 0.15) is 0 Å². The Balaban J connectivity index is -0.0000000728. The van der Waals surface area contributed by atoms with Crippen molar-refractivity contribution in [1.82, 2.24) is 0 Å². The molecule has 0 atom stereocenters. The first kappa shape index (κ1) is 47.6. The zero-order chi connectivity index (χ0) is 28.9. The monoisotopic (exact) mass is 828 g/mol. The number of hydrogen-bond donors (Lipinski definition) is 0. The summed E-state index contributed by atoms with van der Waals surface area (Å²) < 4.78 is 17.5. The Hall–Kier alpha value is 0.417. The van der Waals surface area contributed by atoms with Crippen LogP contribution in [-0.2, 0) is 36.4 Å². The van der Waals surface area contributed by atoms with Gasteiger partial charge in [-0.1, -0.05) is 55.4 Å². The molecule has 0 radical (unpaired) electrons. The summed E-state index contributed by atoms with van der Waals surface area (Å²) in [4.78, 5) is 0. The third kappa shape index (κ3) is 208. The number of rotatable bonds is 4. The summed E-state index contributed by atoms with van der Waals surface area (Å²) in [6.45, 7) is 31.5. The Morgan fingerprint density at radius 3 is 0.471 bits per heavy atom. The number of nitrogens with one attached hydrogen (secondary N) is 4. The van der Waals surface area contributed by atoms with Crippen molar-refractivity contribution in [2.24, 2.45) is 14.0 Å². The van der Waals surface area contributed by atoms with E-state index in [2.05, 4.69) is 69.4 Å². The second-order valence-electron chi connectivity index (χ2n) is 9.58. The predicted octanol–water partition coefficient (Wildman–Crippen LogP) is 10.3. The summed E-state index contributed by atoms with van der Waals surface area (Å²) in [5, 5.41) is 0. The molecular formula is C24H60N8W2-4. The molecule has 0 fully saturated rings. The van der Waals surface area contributed by atoms with E-state index in [0.717, 1.165) is 0 Å². The van der Waals surface area contributed by atoms with Crippen LogP contribution in [0.25, 0.3) is 22.9 Å². The third-order valence-corrected chi connectivity index (χ3v) is 8.45. The molecule has 34 heavy (non-hydrogen) atoms. The molecule has 0 rings (SSSR count). The molecule has 4 N–H and O–H groups in total. The maximum absolute atomic E-state index is 6.58. The average molecular weight is 828 g/mol. The summed E-state index contributed by atoms with van der Waals surface area (Å²) in [7, 11) is 0. The molecule has 0 aliphatic rings. The molecule has 212 valence electrons. The van der Waals surface area contributed by atoms with Gasteiger partial charge in [-0.3, -0.25) is 0 Å². The van der Waals surface area contributed by atoms with Gasteiger partial charge in [-0.2, -0.15) is 0 Å². The minimum atomic E-state index is -0.653. The standard InChI is InChI=1S/4C3H8N.4C3H7N.2W/c8*1-3(2)4;;/h4*3-4H,1-2H3;4*3H,1-2H3;;/q4*-1;;;;;;. The van der Waals surface area contributed by atoms with E-state index in [1.54, 1.807) is 0 Å². The van der Waals surface area contributed by atoms with Crippen LogP contribution >= 0.6 is 0 Å². The molecule has 0 amide bonds. The molecule has 8 nitrogen and oxygen atoms in total. The molecule has 0 aromatic rings. The summed E-state index contributed by atoms with van der Waals surface area (Å²) in [5.41, 5.74) is 26.3. The van der Waals surface area contributed by atoms with Crippen LogP contribution in [0.4, 0.5) is 0 Å². The Morgan fingerprint density at radius 1 is 0.324 bits per heavy atom. The number of nitrogens with zero attached hydrogens (tertiary/aromatic N) is 4. The Morgan fingerprint density at radius 2 is 0.412 bits per heavy atom. The van der Waals surface area contributed by atoms with Crippen molar-refractivity contribution in [3.63, 3.8) is 0 Å². The third-order valence-electron chi connectivity index (χ3n) is 1.03. The summed E-state index contributed by atoms with van der Waals surface area (Å²) in [6, 6.07) is 2.32. The van der Waals surface area contributed by atoms with Crippen LogP contribution in [0.3, 0.4) is 0 Å². The van der Waals surface area contributed by atoms with Crippen molar-refractivity contribution in [2.45, 2.75) is 159 Å². The summed E-state index contributed by atoms with van der Waals surface area (Å²) in [5.74, 6) is 0. The van der Waals surface area contributed by atoms with Gasteiger partial charge in [0.15, 0.2) is 0 Å².